The Balaban J connectivity index is 2.21. The van der Waals surface area contributed by atoms with Crippen molar-refractivity contribution in [2.24, 2.45) is 0 Å². The first-order chi connectivity index (χ1) is 8.57. The summed E-state index contributed by atoms with van der Waals surface area (Å²) >= 11 is 0. The van der Waals surface area contributed by atoms with Gasteiger partial charge in [0.25, 0.3) is 0 Å². The van der Waals surface area contributed by atoms with Gasteiger partial charge in [-0.15, -0.1) is 0 Å². The van der Waals surface area contributed by atoms with E-state index in [2.05, 4.69) is 0 Å². The van der Waals surface area contributed by atoms with Crippen LogP contribution in [0.1, 0.15) is 18.4 Å². The molecule has 5 heteroatoms. The van der Waals surface area contributed by atoms with Gasteiger partial charge in [-0.25, -0.2) is 0 Å². The highest BCUT2D eigenvalue weighted by Gasteiger charge is 2.41. The molecule has 1 heterocycles. The molecule has 1 fully saturated rings. The molecule has 1 saturated heterocycles. The highest BCUT2D eigenvalue weighted by atomic mass is 16.3. The normalized spacial score (nSPS) is 29.2. The molecule has 0 aromatic heterocycles. The fourth-order valence-corrected chi connectivity index (χ4v) is 2.70. The van der Waals surface area contributed by atoms with Crippen LogP contribution in [0.25, 0.3) is 0 Å². The molecule has 3 N–H and O–H groups in total. The SMILES string of the molecule is CB(O)N1CC(O)(c2ccccc2)CCC1CO. The van der Waals surface area contributed by atoms with Gasteiger partial charge < -0.3 is 20.0 Å². The van der Waals surface area contributed by atoms with Crippen molar-refractivity contribution < 1.29 is 15.2 Å². The van der Waals surface area contributed by atoms with E-state index in [-0.39, 0.29) is 12.6 Å². The van der Waals surface area contributed by atoms with Crippen molar-refractivity contribution in [3.05, 3.63) is 35.9 Å². The maximum Gasteiger partial charge on any atom is 0.376 e. The number of piperidine rings is 1. The first-order valence-corrected chi connectivity index (χ1v) is 6.39. The topological polar surface area (TPSA) is 63.9 Å². The maximum atomic E-state index is 10.7. The lowest BCUT2D eigenvalue weighted by Crippen LogP contribution is -2.57. The molecule has 0 radical (unpaired) electrons. The molecule has 2 rings (SSSR count). The predicted octanol–water partition coefficient (Wildman–Crippen LogP) is 0.441. The maximum absolute atomic E-state index is 10.7. The van der Waals surface area contributed by atoms with Gasteiger partial charge in [0.2, 0.25) is 0 Å². The third kappa shape index (κ3) is 2.59. The molecule has 1 aromatic rings. The van der Waals surface area contributed by atoms with Crippen molar-refractivity contribution in [2.75, 3.05) is 13.2 Å². The zero-order valence-corrected chi connectivity index (χ0v) is 10.7. The summed E-state index contributed by atoms with van der Waals surface area (Å²) in [5.74, 6) is 0. The standard InChI is InChI=1S/C13H20BNO3/c1-14(18)15-10-13(17,8-7-12(15)9-16)11-5-3-2-4-6-11/h2-6,12,16-18H,7-10H2,1H3. The van der Waals surface area contributed by atoms with E-state index in [1.54, 1.807) is 11.6 Å². The lowest BCUT2D eigenvalue weighted by molar-refractivity contribution is -0.0426. The van der Waals surface area contributed by atoms with Gasteiger partial charge in [-0.05, 0) is 25.2 Å². The Bertz CT molecular complexity index is 387. The van der Waals surface area contributed by atoms with E-state index in [0.29, 0.717) is 19.4 Å². The average molecular weight is 249 g/mol. The minimum atomic E-state index is -0.941. The molecule has 4 nitrogen and oxygen atoms in total. The zero-order valence-electron chi connectivity index (χ0n) is 10.7. The first-order valence-electron chi connectivity index (χ1n) is 6.39. The molecule has 0 saturated carbocycles. The minimum absolute atomic E-state index is 0.00969. The van der Waals surface area contributed by atoms with E-state index in [1.165, 1.54) is 0 Å². The smallest absolute Gasteiger partial charge is 0.376 e. The number of aliphatic hydroxyl groups is 2. The Morgan fingerprint density at radius 2 is 2.06 bits per heavy atom. The zero-order chi connectivity index (χ0) is 13.2. The molecule has 1 aromatic carbocycles. The van der Waals surface area contributed by atoms with Crippen LogP contribution in [0.4, 0.5) is 0 Å². The van der Waals surface area contributed by atoms with Crippen LogP contribution in [0, 0.1) is 0 Å². The van der Waals surface area contributed by atoms with Crippen LogP contribution >= 0.6 is 0 Å². The molecule has 0 bridgehead atoms. The summed E-state index contributed by atoms with van der Waals surface area (Å²) in [6.07, 6.45) is 1.28. The van der Waals surface area contributed by atoms with Crippen molar-refractivity contribution in [2.45, 2.75) is 31.3 Å². The Morgan fingerprint density at radius 1 is 1.39 bits per heavy atom. The summed E-state index contributed by atoms with van der Waals surface area (Å²) < 4.78 is 0. The number of hydrogen-bond donors (Lipinski definition) is 3. The summed E-state index contributed by atoms with van der Waals surface area (Å²) in [7, 11) is -0.669. The number of aliphatic hydroxyl groups excluding tert-OH is 1. The fraction of sp³-hybridized carbons (Fsp3) is 0.538. The van der Waals surface area contributed by atoms with Gasteiger partial charge in [-0.2, -0.15) is 0 Å². The second-order valence-electron chi connectivity index (χ2n) is 5.08. The van der Waals surface area contributed by atoms with Crippen LogP contribution in [0.2, 0.25) is 6.82 Å². The van der Waals surface area contributed by atoms with Crippen molar-refractivity contribution in [1.29, 1.82) is 0 Å². The fourth-order valence-electron chi connectivity index (χ4n) is 2.70. The Morgan fingerprint density at radius 3 is 2.61 bits per heavy atom. The van der Waals surface area contributed by atoms with E-state index in [0.717, 1.165) is 5.56 Å². The van der Waals surface area contributed by atoms with E-state index >= 15 is 0 Å². The van der Waals surface area contributed by atoms with Crippen molar-refractivity contribution >= 4 is 7.05 Å². The van der Waals surface area contributed by atoms with E-state index < -0.39 is 12.7 Å². The number of hydrogen-bond acceptors (Lipinski definition) is 4. The van der Waals surface area contributed by atoms with E-state index in [1.807, 2.05) is 30.3 Å². The lowest BCUT2D eigenvalue weighted by atomic mass is 9.74. The summed E-state index contributed by atoms with van der Waals surface area (Å²) in [5, 5.41) is 29.8. The number of β-amino-alcohol motifs (C(OH)–C–C–N with tert-alkyl or cyclic N) is 1. The highest BCUT2D eigenvalue weighted by molar-refractivity contribution is 6.45. The molecule has 0 aliphatic carbocycles. The van der Waals surface area contributed by atoms with Crippen LogP contribution in [-0.2, 0) is 5.60 Å². The highest BCUT2D eigenvalue weighted by Crippen LogP contribution is 2.34. The molecule has 0 amide bonds. The molecule has 0 spiro atoms. The van der Waals surface area contributed by atoms with Crippen molar-refractivity contribution in [1.82, 2.24) is 4.81 Å². The predicted molar refractivity (Wildman–Crippen MR) is 71.0 cm³/mol. The summed E-state index contributed by atoms with van der Waals surface area (Å²) in [5.41, 5.74) is -0.0729. The van der Waals surface area contributed by atoms with E-state index in [9.17, 15) is 15.2 Å². The van der Waals surface area contributed by atoms with Crippen LogP contribution in [0.5, 0.6) is 0 Å². The van der Waals surface area contributed by atoms with Crippen molar-refractivity contribution in [3.8, 4) is 0 Å². The molecule has 2 atom stereocenters. The largest absolute Gasteiger partial charge is 0.437 e. The summed E-state index contributed by atoms with van der Waals surface area (Å²) in [6, 6.07) is 9.45. The molecule has 1 aliphatic heterocycles. The second-order valence-corrected chi connectivity index (χ2v) is 5.08. The average Bonchev–Trinajstić information content (AvgIpc) is 2.39. The summed E-state index contributed by atoms with van der Waals surface area (Å²) in [4.78, 5) is 1.76. The van der Waals surface area contributed by atoms with Gasteiger partial charge in [-0.1, -0.05) is 30.3 Å². The van der Waals surface area contributed by atoms with Gasteiger partial charge in [0.15, 0.2) is 0 Å². The van der Waals surface area contributed by atoms with Gasteiger partial charge in [0.05, 0.1) is 6.61 Å². The van der Waals surface area contributed by atoms with Gasteiger partial charge in [-0.3, -0.25) is 0 Å². The van der Waals surface area contributed by atoms with Gasteiger partial charge in [0.1, 0.15) is 5.60 Å². The molecule has 18 heavy (non-hydrogen) atoms. The monoisotopic (exact) mass is 249 g/mol. The Kier molecular flexibility index (Phi) is 4.07. The first kappa shape index (κ1) is 13.6. The Hall–Kier alpha value is -0.875. The van der Waals surface area contributed by atoms with Crippen LogP contribution in [0.15, 0.2) is 30.3 Å². The quantitative estimate of drug-likeness (QED) is 0.680. The molecular weight excluding hydrogens is 229 g/mol. The minimum Gasteiger partial charge on any atom is -0.437 e. The third-order valence-electron chi connectivity index (χ3n) is 3.81. The molecular formula is C13H20BNO3. The van der Waals surface area contributed by atoms with E-state index in [4.69, 9.17) is 0 Å². The lowest BCUT2D eigenvalue weighted by Gasteiger charge is -2.44. The van der Waals surface area contributed by atoms with Crippen molar-refractivity contribution in [3.63, 3.8) is 0 Å². The molecule has 1 aliphatic rings. The number of nitrogens with zero attached hydrogens (tertiary/aromatic N) is 1. The van der Waals surface area contributed by atoms with Gasteiger partial charge in [0, 0.05) is 12.6 Å². The van der Waals surface area contributed by atoms with Crippen LogP contribution in [0.3, 0.4) is 0 Å². The number of benzene rings is 1. The third-order valence-corrected chi connectivity index (χ3v) is 3.81. The van der Waals surface area contributed by atoms with Crippen LogP contribution in [-0.4, -0.2) is 46.3 Å². The summed E-state index contributed by atoms with van der Waals surface area (Å²) in [6.45, 7) is 2.02. The molecule has 2 unspecified atom stereocenters. The number of rotatable bonds is 3. The Labute approximate surface area is 108 Å². The van der Waals surface area contributed by atoms with Gasteiger partial charge >= 0.3 is 7.05 Å². The molecule has 98 valence electrons. The van der Waals surface area contributed by atoms with Crippen LogP contribution < -0.4 is 0 Å². The second kappa shape index (κ2) is 5.40.